The zero-order chi connectivity index (χ0) is 14.1. The van der Waals surface area contributed by atoms with Gasteiger partial charge in [-0.25, -0.2) is 0 Å². The summed E-state index contributed by atoms with van der Waals surface area (Å²) >= 11 is 0. The van der Waals surface area contributed by atoms with Gasteiger partial charge in [0.2, 0.25) is 0 Å². The number of unbranched alkanes of at least 4 members (excludes halogenated alkanes) is 2. The van der Waals surface area contributed by atoms with Crippen LogP contribution in [-0.4, -0.2) is 30.6 Å². The predicted octanol–water partition coefficient (Wildman–Crippen LogP) is 2.74. The first-order valence-electron chi connectivity index (χ1n) is 7.10. The average molecular weight is 263 g/mol. The minimum absolute atomic E-state index is 0.137. The van der Waals surface area contributed by atoms with Crippen molar-refractivity contribution in [1.29, 1.82) is 0 Å². The number of rotatable bonds is 9. The molecule has 1 aromatic rings. The van der Waals surface area contributed by atoms with Gasteiger partial charge in [-0.3, -0.25) is 4.79 Å². The highest BCUT2D eigenvalue weighted by Crippen LogP contribution is 2.14. The van der Waals surface area contributed by atoms with Crippen LogP contribution in [-0.2, 0) is 0 Å². The zero-order valence-corrected chi connectivity index (χ0v) is 12.0. The van der Waals surface area contributed by atoms with E-state index in [1.165, 1.54) is 5.56 Å². The lowest BCUT2D eigenvalue weighted by Crippen LogP contribution is -2.24. The van der Waals surface area contributed by atoms with Crippen LogP contribution in [0.25, 0.3) is 0 Å². The molecule has 2 N–H and O–H groups in total. The highest BCUT2D eigenvalue weighted by Gasteiger charge is 2.06. The first kappa shape index (κ1) is 15.9. The summed E-state index contributed by atoms with van der Waals surface area (Å²) < 4.78 is 0. The summed E-state index contributed by atoms with van der Waals surface area (Å²) in [6, 6.07) is 7.87. The topological polar surface area (TPSA) is 49.3 Å². The fourth-order valence-electron chi connectivity index (χ4n) is 1.90. The number of hydrogen-bond acceptors (Lipinski definition) is 3. The number of Topliss-reactive ketones (excluding diaryl/α,β-unsaturated/α-hetero) is 1. The standard InChI is InChI=1S/C16H25NO2/c1-13(2)14-6-8-15(9-7-14)16(19)12-17-10-4-3-5-11-18/h6-9,13,17-18H,3-5,10-12H2,1-2H3. The maximum absolute atomic E-state index is 11.9. The molecule has 0 spiro atoms. The Morgan fingerprint density at radius 3 is 2.42 bits per heavy atom. The van der Waals surface area contributed by atoms with Crippen molar-refractivity contribution in [2.45, 2.75) is 39.0 Å². The van der Waals surface area contributed by atoms with Crippen molar-refractivity contribution in [3.05, 3.63) is 35.4 Å². The lowest BCUT2D eigenvalue weighted by Gasteiger charge is -2.07. The summed E-state index contributed by atoms with van der Waals surface area (Å²) in [5.41, 5.74) is 2.03. The molecule has 0 saturated heterocycles. The summed E-state index contributed by atoms with van der Waals surface area (Å²) in [5.74, 6) is 0.631. The molecule has 19 heavy (non-hydrogen) atoms. The van der Waals surface area contributed by atoms with E-state index in [2.05, 4.69) is 19.2 Å². The Morgan fingerprint density at radius 1 is 1.16 bits per heavy atom. The Hall–Kier alpha value is -1.19. The van der Waals surface area contributed by atoms with Crippen molar-refractivity contribution >= 4 is 5.78 Å². The summed E-state index contributed by atoms with van der Waals surface area (Å²) in [5, 5.41) is 11.8. The SMILES string of the molecule is CC(C)c1ccc(C(=O)CNCCCCCO)cc1. The van der Waals surface area contributed by atoms with E-state index in [0.29, 0.717) is 12.5 Å². The van der Waals surface area contributed by atoms with E-state index >= 15 is 0 Å². The number of ketones is 1. The van der Waals surface area contributed by atoms with Gasteiger partial charge in [-0.2, -0.15) is 0 Å². The molecule has 0 amide bonds. The van der Waals surface area contributed by atoms with Gasteiger partial charge in [-0.15, -0.1) is 0 Å². The van der Waals surface area contributed by atoms with Gasteiger partial charge in [0, 0.05) is 12.2 Å². The molecule has 3 heteroatoms. The number of aliphatic hydroxyl groups is 1. The van der Waals surface area contributed by atoms with Crippen LogP contribution in [0.15, 0.2) is 24.3 Å². The average Bonchev–Trinajstić information content (AvgIpc) is 2.42. The number of carbonyl (C=O) groups excluding carboxylic acids is 1. The maximum Gasteiger partial charge on any atom is 0.176 e. The Kier molecular flexibility index (Phi) is 7.38. The van der Waals surface area contributed by atoms with Crippen LogP contribution in [0.4, 0.5) is 0 Å². The van der Waals surface area contributed by atoms with Crippen LogP contribution < -0.4 is 5.32 Å². The second-order valence-electron chi connectivity index (χ2n) is 5.16. The molecule has 0 unspecified atom stereocenters. The number of nitrogens with one attached hydrogen (secondary N) is 1. The third kappa shape index (κ3) is 5.99. The van der Waals surface area contributed by atoms with Gasteiger partial charge in [-0.05, 0) is 37.3 Å². The highest BCUT2D eigenvalue weighted by atomic mass is 16.2. The number of aliphatic hydroxyl groups excluding tert-OH is 1. The van der Waals surface area contributed by atoms with Crippen LogP contribution in [0.1, 0.15) is 54.9 Å². The lowest BCUT2D eigenvalue weighted by molar-refractivity contribution is 0.0991. The molecule has 106 valence electrons. The van der Waals surface area contributed by atoms with Crippen LogP contribution in [0.5, 0.6) is 0 Å². The van der Waals surface area contributed by atoms with Crippen LogP contribution in [0, 0.1) is 0 Å². The number of benzene rings is 1. The fourth-order valence-corrected chi connectivity index (χ4v) is 1.90. The molecule has 0 aliphatic rings. The van der Waals surface area contributed by atoms with E-state index in [4.69, 9.17) is 5.11 Å². The monoisotopic (exact) mass is 263 g/mol. The number of hydrogen-bond donors (Lipinski definition) is 2. The molecule has 0 heterocycles. The molecule has 0 aromatic heterocycles. The zero-order valence-electron chi connectivity index (χ0n) is 12.0. The van der Waals surface area contributed by atoms with E-state index in [0.717, 1.165) is 31.4 Å². The fraction of sp³-hybridized carbons (Fsp3) is 0.562. The van der Waals surface area contributed by atoms with Crippen molar-refractivity contribution in [2.24, 2.45) is 0 Å². The summed E-state index contributed by atoms with van der Waals surface area (Å²) in [6.45, 7) is 5.76. The van der Waals surface area contributed by atoms with E-state index in [1.807, 2.05) is 24.3 Å². The minimum atomic E-state index is 0.137. The van der Waals surface area contributed by atoms with Gasteiger partial charge in [0.1, 0.15) is 0 Å². The number of carbonyl (C=O) groups is 1. The molecule has 1 aromatic carbocycles. The van der Waals surface area contributed by atoms with Gasteiger partial charge in [0.05, 0.1) is 6.54 Å². The van der Waals surface area contributed by atoms with Crippen molar-refractivity contribution in [3.63, 3.8) is 0 Å². The molecule has 0 saturated carbocycles. The van der Waals surface area contributed by atoms with Crippen LogP contribution in [0.3, 0.4) is 0 Å². The van der Waals surface area contributed by atoms with E-state index in [1.54, 1.807) is 0 Å². The van der Waals surface area contributed by atoms with E-state index in [9.17, 15) is 4.79 Å². The smallest absolute Gasteiger partial charge is 0.176 e. The lowest BCUT2D eigenvalue weighted by atomic mass is 10.0. The Morgan fingerprint density at radius 2 is 1.84 bits per heavy atom. The molecule has 0 bridgehead atoms. The molecule has 3 nitrogen and oxygen atoms in total. The first-order chi connectivity index (χ1) is 9.15. The molecule has 1 rings (SSSR count). The van der Waals surface area contributed by atoms with Crippen molar-refractivity contribution in [3.8, 4) is 0 Å². The summed E-state index contributed by atoms with van der Waals surface area (Å²) in [6.07, 6.45) is 2.84. The van der Waals surface area contributed by atoms with Crippen molar-refractivity contribution in [1.82, 2.24) is 5.32 Å². The third-order valence-corrected chi connectivity index (χ3v) is 3.20. The van der Waals surface area contributed by atoms with Crippen LogP contribution >= 0.6 is 0 Å². The van der Waals surface area contributed by atoms with Crippen LogP contribution in [0.2, 0.25) is 0 Å². The molecule has 0 atom stereocenters. The van der Waals surface area contributed by atoms with Crippen molar-refractivity contribution < 1.29 is 9.90 Å². The Labute approximate surface area is 116 Å². The predicted molar refractivity (Wildman–Crippen MR) is 78.7 cm³/mol. The van der Waals surface area contributed by atoms with E-state index in [-0.39, 0.29) is 12.4 Å². The third-order valence-electron chi connectivity index (χ3n) is 3.20. The first-order valence-corrected chi connectivity index (χ1v) is 7.10. The largest absolute Gasteiger partial charge is 0.396 e. The molecule has 0 radical (unpaired) electrons. The van der Waals surface area contributed by atoms with Gasteiger partial charge in [-0.1, -0.05) is 38.1 Å². The Bertz CT molecular complexity index is 371. The van der Waals surface area contributed by atoms with Gasteiger partial charge < -0.3 is 10.4 Å². The van der Waals surface area contributed by atoms with Gasteiger partial charge in [0.25, 0.3) is 0 Å². The second kappa shape index (κ2) is 8.83. The molecule has 0 fully saturated rings. The quantitative estimate of drug-likeness (QED) is 0.532. The summed E-state index contributed by atoms with van der Waals surface area (Å²) in [4.78, 5) is 11.9. The molecule has 0 aliphatic heterocycles. The van der Waals surface area contributed by atoms with E-state index < -0.39 is 0 Å². The van der Waals surface area contributed by atoms with Crippen molar-refractivity contribution in [2.75, 3.05) is 19.7 Å². The molecule has 0 aliphatic carbocycles. The molecular formula is C16H25NO2. The minimum Gasteiger partial charge on any atom is -0.396 e. The molecular weight excluding hydrogens is 238 g/mol. The summed E-state index contributed by atoms with van der Waals surface area (Å²) in [7, 11) is 0. The van der Waals surface area contributed by atoms with Gasteiger partial charge >= 0.3 is 0 Å². The Balaban J connectivity index is 2.29. The normalized spacial score (nSPS) is 10.9. The second-order valence-corrected chi connectivity index (χ2v) is 5.16. The maximum atomic E-state index is 11.9. The van der Waals surface area contributed by atoms with Gasteiger partial charge in [0.15, 0.2) is 5.78 Å². The highest BCUT2D eigenvalue weighted by molar-refractivity contribution is 5.97.